The molecule has 2 fully saturated rings. The topological polar surface area (TPSA) is 50.4 Å². The number of benzene rings is 2. The third kappa shape index (κ3) is 4.69. The number of hydrogen-bond acceptors (Lipinski definition) is 3. The van der Waals surface area contributed by atoms with Crippen LogP contribution in [0.25, 0.3) is 0 Å². The smallest absolute Gasteiger partial charge is 0.251 e. The Morgan fingerprint density at radius 1 is 1.04 bits per heavy atom. The number of rotatable bonds is 4. The minimum absolute atomic E-state index is 0. The summed E-state index contributed by atoms with van der Waals surface area (Å²) in [6.45, 7) is 0. The van der Waals surface area contributed by atoms with Crippen LogP contribution in [0.1, 0.15) is 36.0 Å². The van der Waals surface area contributed by atoms with Crippen LogP contribution in [-0.4, -0.2) is 24.0 Å². The molecule has 2 aliphatic heterocycles. The van der Waals surface area contributed by atoms with Gasteiger partial charge in [-0.15, -0.1) is 12.4 Å². The lowest BCUT2D eigenvalue weighted by molar-refractivity contribution is 0.0924. The van der Waals surface area contributed by atoms with Gasteiger partial charge in [0.25, 0.3) is 5.91 Å². The van der Waals surface area contributed by atoms with E-state index >= 15 is 0 Å². The van der Waals surface area contributed by atoms with Crippen LogP contribution in [0.15, 0.2) is 42.5 Å². The molecule has 2 unspecified atom stereocenters. The van der Waals surface area contributed by atoms with Gasteiger partial charge >= 0.3 is 0 Å². The van der Waals surface area contributed by atoms with Crippen molar-refractivity contribution in [1.29, 1.82) is 0 Å². The van der Waals surface area contributed by atoms with Gasteiger partial charge < -0.3 is 15.4 Å². The molecule has 0 radical (unpaired) electrons. The fraction of sp³-hybridized carbons (Fsp3) is 0.350. The van der Waals surface area contributed by atoms with Crippen molar-refractivity contribution < 1.29 is 9.53 Å². The molecule has 1 amide bonds. The third-order valence-corrected chi connectivity index (χ3v) is 5.87. The Labute approximate surface area is 175 Å². The Hall–Kier alpha value is -1.46. The van der Waals surface area contributed by atoms with Crippen LogP contribution in [-0.2, 0) is 0 Å². The molecule has 7 heteroatoms. The second kappa shape index (κ2) is 8.70. The van der Waals surface area contributed by atoms with Crippen LogP contribution in [0.4, 0.5) is 0 Å². The Bertz CT molecular complexity index is 801. The summed E-state index contributed by atoms with van der Waals surface area (Å²) in [4.78, 5) is 12.5. The maximum atomic E-state index is 12.5. The summed E-state index contributed by atoms with van der Waals surface area (Å²) in [5.41, 5.74) is 0.625. The molecule has 144 valence electrons. The highest BCUT2D eigenvalue weighted by atomic mass is 35.5. The van der Waals surface area contributed by atoms with Crippen LogP contribution < -0.4 is 15.4 Å². The Morgan fingerprint density at radius 3 is 2.37 bits per heavy atom. The number of piperidine rings is 1. The lowest BCUT2D eigenvalue weighted by atomic mass is 9.99. The molecule has 2 bridgehead atoms. The van der Waals surface area contributed by atoms with E-state index in [-0.39, 0.29) is 24.4 Å². The second-order valence-electron chi connectivity index (χ2n) is 6.96. The lowest BCUT2D eigenvalue weighted by Gasteiger charge is -2.29. The minimum Gasteiger partial charge on any atom is -0.456 e. The molecule has 0 aromatic heterocycles. The van der Waals surface area contributed by atoms with Crippen molar-refractivity contribution in [1.82, 2.24) is 10.6 Å². The molecule has 2 N–H and O–H groups in total. The third-order valence-electron chi connectivity index (χ3n) is 5.07. The molecule has 2 atom stereocenters. The van der Waals surface area contributed by atoms with E-state index in [1.165, 1.54) is 12.8 Å². The summed E-state index contributed by atoms with van der Waals surface area (Å²) in [5, 5.41) is 7.56. The molecule has 2 aliphatic rings. The van der Waals surface area contributed by atoms with Crippen LogP contribution in [0.2, 0.25) is 10.0 Å². The van der Waals surface area contributed by atoms with E-state index in [0.29, 0.717) is 39.2 Å². The fourth-order valence-corrected chi connectivity index (χ4v) is 4.14. The number of ether oxygens (including phenoxy) is 1. The van der Waals surface area contributed by atoms with E-state index < -0.39 is 0 Å². The number of halogens is 3. The maximum absolute atomic E-state index is 12.5. The zero-order valence-corrected chi connectivity index (χ0v) is 16.9. The number of carbonyl (C=O) groups is 1. The van der Waals surface area contributed by atoms with Gasteiger partial charge in [-0.1, -0.05) is 29.3 Å². The van der Waals surface area contributed by atoms with Crippen LogP contribution in [0, 0.1) is 0 Å². The van der Waals surface area contributed by atoms with Gasteiger partial charge in [0.1, 0.15) is 16.5 Å². The van der Waals surface area contributed by atoms with Crippen molar-refractivity contribution in [3.63, 3.8) is 0 Å². The van der Waals surface area contributed by atoms with Gasteiger partial charge in [0.15, 0.2) is 0 Å². The molecule has 4 rings (SSSR count). The second-order valence-corrected chi connectivity index (χ2v) is 7.74. The first-order valence-corrected chi connectivity index (χ1v) is 9.63. The Morgan fingerprint density at radius 2 is 1.70 bits per heavy atom. The van der Waals surface area contributed by atoms with Gasteiger partial charge in [-0.05, 0) is 62.1 Å². The molecule has 0 aliphatic carbocycles. The molecule has 2 aromatic rings. The Kier molecular flexibility index (Phi) is 6.53. The highest BCUT2D eigenvalue weighted by Gasteiger charge is 2.34. The van der Waals surface area contributed by atoms with Crippen molar-refractivity contribution in [3.8, 4) is 11.5 Å². The Balaban J connectivity index is 0.00000210. The van der Waals surface area contributed by atoms with Crippen LogP contribution >= 0.6 is 35.6 Å². The number of hydrogen-bond donors (Lipinski definition) is 2. The molecular weight excluding hydrogens is 407 g/mol. The monoisotopic (exact) mass is 426 g/mol. The highest BCUT2D eigenvalue weighted by Crippen LogP contribution is 2.34. The molecule has 0 saturated carbocycles. The van der Waals surface area contributed by atoms with Crippen LogP contribution in [0.5, 0.6) is 11.5 Å². The average molecular weight is 428 g/mol. The summed E-state index contributed by atoms with van der Waals surface area (Å²) in [6.07, 6.45) is 4.46. The molecule has 0 spiro atoms. The van der Waals surface area contributed by atoms with Crippen molar-refractivity contribution in [3.05, 3.63) is 58.1 Å². The molecule has 4 nitrogen and oxygen atoms in total. The molecular formula is C20H21Cl3N2O2. The first-order valence-electron chi connectivity index (χ1n) is 8.87. The first-order chi connectivity index (χ1) is 12.6. The quantitative estimate of drug-likeness (QED) is 0.703. The summed E-state index contributed by atoms with van der Waals surface area (Å²) in [6, 6.07) is 13.6. The van der Waals surface area contributed by atoms with E-state index in [1.54, 1.807) is 42.5 Å². The molecule has 27 heavy (non-hydrogen) atoms. The van der Waals surface area contributed by atoms with Crippen molar-refractivity contribution in [2.45, 2.75) is 43.8 Å². The first kappa shape index (κ1) is 20.3. The van der Waals surface area contributed by atoms with E-state index in [0.717, 1.165) is 12.8 Å². The average Bonchev–Trinajstić information content (AvgIpc) is 2.98. The number of carbonyl (C=O) groups excluding carboxylic acids is 1. The normalized spacial score (nSPS) is 23.4. The van der Waals surface area contributed by atoms with Gasteiger partial charge in [-0.3, -0.25) is 4.79 Å². The number of fused-ring (bicyclic) bond motifs is 2. The van der Waals surface area contributed by atoms with Gasteiger partial charge in [-0.2, -0.15) is 0 Å². The summed E-state index contributed by atoms with van der Waals surface area (Å²) < 4.78 is 5.75. The molecule has 2 heterocycles. The van der Waals surface area contributed by atoms with Crippen molar-refractivity contribution in [2.75, 3.05) is 0 Å². The predicted octanol–water partition coefficient (Wildman–Crippen LogP) is 5.22. The van der Waals surface area contributed by atoms with Crippen LogP contribution in [0.3, 0.4) is 0 Å². The molecule has 2 saturated heterocycles. The van der Waals surface area contributed by atoms with Gasteiger partial charge in [0.05, 0.1) is 5.02 Å². The minimum atomic E-state index is -0.0383. The van der Waals surface area contributed by atoms with Gasteiger partial charge in [0.2, 0.25) is 0 Å². The zero-order chi connectivity index (χ0) is 18.1. The number of nitrogens with one attached hydrogen (secondary N) is 2. The van der Waals surface area contributed by atoms with E-state index in [2.05, 4.69) is 10.6 Å². The number of amides is 1. The van der Waals surface area contributed by atoms with Crippen molar-refractivity contribution >= 4 is 41.5 Å². The van der Waals surface area contributed by atoms with E-state index in [9.17, 15) is 4.79 Å². The van der Waals surface area contributed by atoms with E-state index in [4.69, 9.17) is 27.9 Å². The fourth-order valence-electron chi connectivity index (χ4n) is 3.81. The maximum Gasteiger partial charge on any atom is 0.251 e. The predicted molar refractivity (Wildman–Crippen MR) is 111 cm³/mol. The summed E-state index contributed by atoms with van der Waals surface area (Å²) in [5.74, 6) is 1.05. The van der Waals surface area contributed by atoms with Crippen molar-refractivity contribution in [2.24, 2.45) is 0 Å². The van der Waals surface area contributed by atoms with Gasteiger partial charge in [-0.25, -0.2) is 0 Å². The van der Waals surface area contributed by atoms with E-state index in [1.807, 2.05) is 0 Å². The highest BCUT2D eigenvalue weighted by molar-refractivity contribution is 6.42. The lowest BCUT2D eigenvalue weighted by Crippen LogP contribution is -2.48. The standard InChI is InChI=1S/C20H20Cl2N2O2.ClH/c21-17-2-1-3-18(19(17)22)26-16-8-4-12(5-9-16)20(25)24-15-10-13-6-7-14(11-15)23-13;/h1-5,8-9,13-15,23H,6-7,10-11H2,(H,24,25);1H. The largest absolute Gasteiger partial charge is 0.456 e. The summed E-state index contributed by atoms with van der Waals surface area (Å²) in [7, 11) is 0. The van der Waals surface area contributed by atoms with Gasteiger partial charge in [0, 0.05) is 23.7 Å². The zero-order valence-electron chi connectivity index (χ0n) is 14.6. The summed E-state index contributed by atoms with van der Waals surface area (Å²) >= 11 is 12.1. The SMILES string of the molecule is Cl.O=C(NC1CC2CCC(C1)N2)c1ccc(Oc2cccc(Cl)c2Cl)cc1. The molecule has 2 aromatic carbocycles.